The molecule has 2 fully saturated rings. The van der Waals surface area contributed by atoms with Crippen LogP contribution in [0.15, 0.2) is 23.3 Å². The van der Waals surface area contributed by atoms with E-state index in [9.17, 15) is 0 Å². The number of nitrogens with two attached hydrogens (primary N) is 1. The molecule has 3 aliphatic carbocycles. The van der Waals surface area contributed by atoms with Crippen molar-refractivity contribution in [3.8, 4) is 0 Å². The van der Waals surface area contributed by atoms with Gasteiger partial charge in [-0.05, 0) is 63.4 Å². The molecule has 22 heavy (non-hydrogen) atoms. The summed E-state index contributed by atoms with van der Waals surface area (Å²) in [7, 11) is 0. The first-order chi connectivity index (χ1) is 10.5. The standard InChI is InChI=1S/C21H34N/c1-21(2,22)15-19-13-18(16-9-5-3-6-10-16)14-20(19)17-11-7-4-8-12-17/h13-14,16-17H,3-12,15,22H2,1-2H3. The number of allylic oxidation sites excluding steroid dienone is 4. The van der Waals surface area contributed by atoms with E-state index in [0.717, 1.165) is 18.3 Å². The van der Waals surface area contributed by atoms with E-state index >= 15 is 0 Å². The minimum absolute atomic E-state index is 0.0956. The van der Waals surface area contributed by atoms with Crippen LogP contribution in [0.4, 0.5) is 0 Å². The van der Waals surface area contributed by atoms with E-state index in [-0.39, 0.29) is 5.54 Å². The molecule has 0 bridgehead atoms. The van der Waals surface area contributed by atoms with E-state index in [1.165, 1.54) is 64.2 Å². The third-order valence-corrected chi connectivity index (χ3v) is 5.80. The van der Waals surface area contributed by atoms with Gasteiger partial charge in [-0.1, -0.05) is 56.3 Å². The van der Waals surface area contributed by atoms with Gasteiger partial charge in [-0.15, -0.1) is 0 Å². The lowest BCUT2D eigenvalue weighted by Gasteiger charge is -2.30. The summed E-state index contributed by atoms with van der Waals surface area (Å²) in [6.07, 6.45) is 20.3. The molecule has 0 unspecified atom stereocenters. The van der Waals surface area contributed by atoms with Crippen LogP contribution in [0.25, 0.3) is 0 Å². The summed E-state index contributed by atoms with van der Waals surface area (Å²) in [5, 5.41) is 0. The highest BCUT2D eigenvalue weighted by molar-refractivity contribution is 5.51. The van der Waals surface area contributed by atoms with E-state index < -0.39 is 0 Å². The van der Waals surface area contributed by atoms with Gasteiger partial charge in [0.2, 0.25) is 0 Å². The Morgan fingerprint density at radius 1 is 0.864 bits per heavy atom. The second-order valence-corrected chi connectivity index (χ2v) is 8.60. The van der Waals surface area contributed by atoms with Crippen LogP contribution in [-0.2, 0) is 0 Å². The minimum Gasteiger partial charge on any atom is -0.326 e. The van der Waals surface area contributed by atoms with Crippen LogP contribution in [0.5, 0.6) is 0 Å². The van der Waals surface area contributed by atoms with Gasteiger partial charge < -0.3 is 5.73 Å². The molecule has 0 aromatic heterocycles. The summed E-state index contributed by atoms with van der Waals surface area (Å²) < 4.78 is 0. The molecule has 0 aliphatic heterocycles. The van der Waals surface area contributed by atoms with Gasteiger partial charge in [-0.2, -0.15) is 0 Å². The van der Waals surface area contributed by atoms with Crippen molar-refractivity contribution in [3.05, 3.63) is 29.2 Å². The molecule has 0 saturated heterocycles. The predicted octanol–water partition coefficient (Wildman–Crippen LogP) is 5.72. The second-order valence-electron chi connectivity index (χ2n) is 8.60. The van der Waals surface area contributed by atoms with Crippen LogP contribution in [0.1, 0.15) is 84.5 Å². The second kappa shape index (κ2) is 6.91. The number of hydrogen-bond donors (Lipinski definition) is 1. The molecule has 0 atom stereocenters. The van der Waals surface area contributed by atoms with E-state index in [4.69, 9.17) is 5.73 Å². The topological polar surface area (TPSA) is 26.0 Å². The molecule has 3 aliphatic rings. The van der Waals surface area contributed by atoms with Crippen molar-refractivity contribution in [1.82, 2.24) is 0 Å². The van der Waals surface area contributed by atoms with Crippen LogP contribution >= 0.6 is 0 Å². The minimum atomic E-state index is -0.0956. The highest BCUT2D eigenvalue weighted by Crippen LogP contribution is 2.45. The Bertz CT molecular complexity index is 425. The molecular formula is C21H34N. The Balaban J connectivity index is 1.77. The summed E-state index contributed by atoms with van der Waals surface area (Å²) in [6, 6.07) is 0. The summed E-state index contributed by atoms with van der Waals surface area (Å²) in [4.78, 5) is 0. The van der Waals surface area contributed by atoms with Crippen LogP contribution in [0.2, 0.25) is 0 Å². The summed E-state index contributed by atoms with van der Waals surface area (Å²) in [5.74, 6) is 3.20. The first-order valence-corrected chi connectivity index (χ1v) is 9.61. The average molecular weight is 301 g/mol. The van der Waals surface area contributed by atoms with Gasteiger partial charge >= 0.3 is 0 Å². The van der Waals surface area contributed by atoms with Crippen molar-refractivity contribution < 1.29 is 0 Å². The summed E-state index contributed by atoms with van der Waals surface area (Å²) in [5.41, 5.74) is 9.56. The number of rotatable bonds is 4. The molecule has 0 aromatic carbocycles. The van der Waals surface area contributed by atoms with Crippen molar-refractivity contribution in [2.75, 3.05) is 0 Å². The molecule has 0 amide bonds. The van der Waals surface area contributed by atoms with Gasteiger partial charge in [-0.25, -0.2) is 0 Å². The quantitative estimate of drug-likeness (QED) is 0.706. The molecular weight excluding hydrogens is 266 g/mol. The average Bonchev–Trinajstić information content (AvgIpc) is 2.91. The fraction of sp³-hybridized carbons (Fsp3) is 0.762. The van der Waals surface area contributed by atoms with Crippen molar-refractivity contribution in [2.24, 2.45) is 17.6 Å². The third-order valence-electron chi connectivity index (χ3n) is 5.80. The molecule has 0 aromatic rings. The molecule has 2 saturated carbocycles. The molecule has 1 radical (unpaired) electrons. The maximum absolute atomic E-state index is 6.35. The van der Waals surface area contributed by atoms with Gasteiger partial charge in [-0.3, -0.25) is 0 Å². The van der Waals surface area contributed by atoms with Crippen molar-refractivity contribution >= 4 is 0 Å². The maximum Gasteiger partial charge on any atom is 0.0249 e. The molecule has 2 N–H and O–H groups in total. The first kappa shape index (κ1) is 16.3. The Hall–Kier alpha value is -0.560. The van der Waals surface area contributed by atoms with Crippen molar-refractivity contribution in [1.29, 1.82) is 0 Å². The zero-order valence-electron chi connectivity index (χ0n) is 14.7. The Labute approximate surface area is 137 Å². The Morgan fingerprint density at radius 3 is 1.95 bits per heavy atom. The van der Waals surface area contributed by atoms with Gasteiger partial charge in [0.05, 0.1) is 0 Å². The summed E-state index contributed by atoms with van der Waals surface area (Å²) >= 11 is 0. The highest BCUT2D eigenvalue weighted by Gasteiger charge is 2.32. The van der Waals surface area contributed by atoms with E-state index in [2.05, 4.69) is 26.0 Å². The number of hydrogen-bond acceptors (Lipinski definition) is 1. The lowest BCUT2D eigenvalue weighted by Crippen LogP contribution is -2.34. The monoisotopic (exact) mass is 300 g/mol. The van der Waals surface area contributed by atoms with E-state index in [0.29, 0.717) is 0 Å². The fourth-order valence-corrected chi connectivity index (χ4v) is 4.71. The zero-order chi connectivity index (χ0) is 15.6. The fourth-order valence-electron chi connectivity index (χ4n) is 4.71. The Kier molecular flexibility index (Phi) is 5.12. The maximum atomic E-state index is 6.35. The Morgan fingerprint density at radius 2 is 1.41 bits per heavy atom. The molecule has 3 rings (SSSR count). The van der Waals surface area contributed by atoms with Gasteiger partial charge in [0.1, 0.15) is 0 Å². The molecule has 1 nitrogen and oxygen atoms in total. The van der Waals surface area contributed by atoms with Crippen LogP contribution < -0.4 is 5.73 Å². The normalized spacial score (nSPS) is 26.1. The summed E-state index contributed by atoms with van der Waals surface area (Å²) in [6.45, 7) is 4.34. The van der Waals surface area contributed by atoms with E-state index in [1.54, 1.807) is 17.1 Å². The largest absolute Gasteiger partial charge is 0.326 e. The van der Waals surface area contributed by atoms with Gasteiger partial charge in [0.25, 0.3) is 0 Å². The van der Waals surface area contributed by atoms with Gasteiger partial charge in [0, 0.05) is 11.5 Å². The zero-order valence-corrected chi connectivity index (χ0v) is 14.7. The van der Waals surface area contributed by atoms with Gasteiger partial charge in [0.15, 0.2) is 0 Å². The van der Waals surface area contributed by atoms with Crippen molar-refractivity contribution in [2.45, 2.75) is 90.0 Å². The van der Waals surface area contributed by atoms with E-state index in [1.807, 2.05) is 0 Å². The highest BCUT2D eigenvalue weighted by atomic mass is 14.7. The van der Waals surface area contributed by atoms with Crippen molar-refractivity contribution in [3.63, 3.8) is 0 Å². The molecule has 1 heteroatoms. The lowest BCUT2D eigenvalue weighted by atomic mass is 9.77. The SMILES string of the molecule is CC(C)(N)C[C]1C=C(C2CCCCC2)C=C1C1CCCCC1. The van der Waals surface area contributed by atoms with Crippen LogP contribution in [0.3, 0.4) is 0 Å². The predicted molar refractivity (Wildman–Crippen MR) is 95.4 cm³/mol. The molecule has 0 spiro atoms. The molecule has 0 heterocycles. The van der Waals surface area contributed by atoms with Crippen LogP contribution in [-0.4, -0.2) is 5.54 Å². The van der Waals surface area contributed by atoms with Crippen LogP contribution in [0, 0.1) is 17.8 Å². The third kappa shape index (κ3) is 4.04. The lowest BCUT2D eigenvalue weighted by molar-refractivity contribution is 0.394. The smallest absolute Gasteiger partial charge is 0.0249 e. The molecule has 123 valence electrons. The first-order valence-electron chi connectivity index (χ1n) is 9.61.